The van der Waals surface area contributed by atoms with Crippen molar-refractivity contribution >= 4 is 0 Å². The Morgan fingerprint density at radius 3 is 2.00 bits per heavy atom. The minimum atomic E-state index is 0.515. The summed E-state index contributed by atoms with van der Waals surface area (Å²) in [5, 5.41) is 0. The molecule has 0 radical (unpaired) electrons. The van der Waals surface area contributed by atoms with Gasteiger partial charge in [-0.15, -0.1) is 0 Å². The van der Waals surface area contributed by atoms with Crippen LogP contribution < -0.4 is 15.5 Å². The molecule has 76 valence electrons. The molecule has 0 aliphatic rings. The van der Waals surface area contributed by atoms with Crippen molar-refractivity contribution in [1.82, 2.24) is 0 Å². The molecule has 2 rings (SSSR count). The normalized spacial score (nSPS) is 9.67. The SMILES string of the molecule is NOc1ccccc1Oc1ccccc1. The Hall–Kier alpha value is -2.00. The first-order valence-electron chi connectivity index (χ1n) is 4.59. The Bertz CT molecular complexity index is 429. The lowest BCUT2D eigenvalue weighted by Gasteiger charge is -2.08. The summed E-state index contributed by atoms with van der Waals surface area (Å²) >= 11 is 0. The second-order valence-electron chi connectivity index (χ2n) is 2.98. The standard InChI is InChI=1S/C12H11NO2/c13-15-12-9-5-4-8-11(12)14-10-6-2-1-3-7-10/h1-9H,13H2. The number of hydrogen-bond acceptors (Lipinski definition) is 3. The molecular weight excluding hydrogens is 190 g/mol. The van der Waals surface area contributed by atoms with Crippen molar-refractivity contribution < 1.29 is 9.57 Å². The Morgan fingerprint density at radius 2 is 1.33 bits per heavy atom. The van der Waals surface area contributed by atoms with Gasteiger partial charge in [0.1, 0.15) is 5.75 Å². The Labute approximate surface area is 88.0 Å². The van der Waals surface area contributed by atoms with Gasteiger partial charge in [-0.25, -0.2) is 0 Å². The molecular formula is C12H11NO2. The number of para-hydroxylation sites is 3. The van der Waals surface area contributed by atoms with Gasteiger partial charge in [0, 0.05) is 0 Å². The van der Waals surface area contributed by atoms with E-state index in [0.717, 1.165) is 5.75 Å². The lowest BCUT2D eigenvalue weighted by Crippen LogP contribution is -2.02. The van der Waals surface area contributed by atoms with Crippen LogP contribution in [0.25, 0.3) is 0 Å². The van der Waals surface area contributed by atoms with E-state index in [1.165, 1.54) is 0 Å². The maximum atomic E-state index is 5.60. The predicted molar refractivity (Wildman–Crippen MR) is 57.8 cm³/mol. The molecule has 15 heavy (non-hydrogen) atoms. The highest BCUT2D eigenvalue weighted by molar-refractivity contribution is 5.42. The van der Waals surface area contributed by atoms with Gasteiger partial charge in [-0.1, -0.05) is 30.3 Å². The predicted octanol–water partition coefficient (Wildman–Crippen LogP) is 2.73. The summed E-state index contributed by atoms with van der Waals surface area (Å²) in [6, 6.07) is 16.7. The fourth-order valence-corrected chi connectivity index (χ4v) is 1.25. The number of benzene rings is 2. The molecule has 0 saturated heterocycles. The average molecular weight is 201 g/mol. The summed E-state index contributed by atoms with van der Waals surface area (Å²) in [5.41, 5.74) is 0. The second-order valence-corrected chi connectivity index (χ2v) is 2.98. The molecule has 2 aromatic carbocycles. The van der Waals surface area contributed by atoms with E-state index in [9.17, 15) is 0 Å². The van der Waals surface area contributed by atoms with Gasteiger partial charge < -0.3 is 9.57 Å². The van der Waals surface area contributed by atoms with Crippen LogP contribution in [-0.2, 0) is 0 Å². The Morgan fingerprint density at radius 1 is 0.733 bits per heavy atom. The monoisotopic (exact) mass is 201 g/mol. The van der Waals surface area contributed by atoms with Crippen LogP contribution in [0.5, 0.6) is 17.2 Å². The van der Waals surface area contributed by atoms with Crippen molar-refractivity contribution in [1.29, 1.82) is 0 Å². The largest absolute Gasteiger partial charge is 0.453 e. The molecule has 0 heterocycles. The average Bonchev–Trinajstić information content (AvgIpc) is 2.31. The minimum Gasteiger partial charge on any atom is -0.453 e. The quantitative estimate of drug-likeness (QED) is 0.776. The molecule has 0 atom stereocenters. The van der Waals surface area contributed by atoms with Crippen molar-refractivity contribution in [3.63, 3.8) is 0 Å². The first-order valence-corrected chi connectivity index (χ1v) is 4.59. The summed E-state index contributed by atoms with van der Waals surface area (Å²) in [6.07, 6.45) is 0. The number of nitrogens with two attached hydrogens (primary N) is 1. The first-order chi connectivity index (χ1) is 7.40. The van der Waals surface area contributed by atoms with E-state index in [0.29, 0.717) is 11.5 Å². The third-order valence-electron chi connectivity index (χ3n) is 1.95. The van der Waals surface area contributed by atoms with Gasteiger partial charge in [-0.2, -0.15) is 5.90 Å². The van der Waals surface area contributed by atoms with E-state index >= 15 is 0 Å². The van der Waals surface area contributed by atoms with Gasteiger partial charge in [0.15, 0.2) is 11.5 Å². The zero-order valence-electron chi connectivity index (χ0n) is 8.09. The molecule has 0 amide bonds. The van der Waals surface area contributed by atoms with Crippen LogP contribution in [0.15, 0.2) is 54.6 Å². The van der Waals surface area contributed by atoms with E-state index in [1.54, 1.807) is 12.1 Å². The van der Waals surface area contributed by atoms with Crippen molar-refractivity contribution in [2.24, 2.45) is 5.90 Å². The van der Waals surface area contributed by atoms with Crippen LogP contribution >= 0.6 is 0 Å². The molecule has 3 nitrogen and oxygen atoms in total. The van der Waals surface area contributed by atoms with Crippen LogP contribution in [0.1, 0.15) is 0 Å². The zero-order valence-corrected chi connectivity index (χ0v) is 8.09. The molecule has 3 heteroatoms. The number of hydrogen-bond donors (Lipinski definition) is 1. The van der Waals surface area contributed by atoms with E-state index in [2.05, 4.69) is 0 Å². The van der Waals surface area contributed by atoms with Crippen molar-refractivity contribution in [2.75, 3.05) is 0 Å². The van der Waals surface area contributed by atoms with E-state index in [4.69, 9.17) is 15.5 Å². The van der Waals surface area contributed by atoms with E-state index in [1.807, 2.05) is 42.5 Å². The van der Waals surface area contributed by atoms with Crippen molar-refractivity contribution in [3.8, 4) is 17.2 Å². The maximum Gasteiger partial charge on any atom is 0.189 e. The summed E-state index contributed by atoms with van der Waals surface area (Å²) in [5.74, 6) is 6.99. The summed E-state index contributed by atoms with van der Waals surface area (Å²) < 4.78 is 5.60. The third-order valence-corrected chi connectivity index (χ3v) is 1.95. The fourth-order valence-electron chi connectivity index (χ4n) is 1.25. The molecule has 0 aromatic heterocycles. The lowest BCUT2D eigenvalue weighted by molar-refractivity contribution is 0.316. The molecule has 0 saturated carbocycles. The molecule has 2 N–H and O–H groups in total. The van der Waals surface area contributed by atoms with Crippen molar-refractivity contribution in [2.45, 2.75) is 0 Å². The number of ether oxygens (including phenoxy) is 1. The van der Waals surface area contributed by atoms with Crippen molar-refractivity contribution in [3.05, 3.63) is 54.6 Å². The fraction of sp³-hybridized carbons (Fsp3) is 0. The van der Waals surface area contributed by atoms with Gasteiger partial charge in [0.25, 0.3) is 0 Å². The van der Waals surface area contributed by atoms with Crippen LogP contribution in [0, 0.1) is 0 Å². The second kappa shape index (κ2) is 4.48. The van der Waals surface area contributed by atoms with Crippen LogP contribution in [-0.4, -0.2) is 0 Å². The topological polar surface area (TPSA) is 44.5 Å². The highest BCUT2D eigenvalue weighted by atomic mass is 16.6. The molecule has 0 spiro atoms. The van der Waals surface area contributed by atoms with Crippen LogP contribution in [0.3, 0.4) is 0 Å². The number of rotatable bonds is 3. The van der Waals surface area contributed by atoms with Gasteiger partial charge in [0.2, 0.25) is 0 Å². The minimum absolute atomic E-state index is 0.515. The van der Waals surface area contributed by atoms with Gasteiger partial charge >= 0.3 is 0 Å². The molecule has 0 fully saturated rings. The molecule has 0 unspecified atom stereocenters. The van der Waals surface area contributed by atoms with Gasteiger partial charge in [-0.3, -0.25) is 0 Å². The molecule has 0 bridgehead atoms. The molecule has 0 aliphatic carbocycles. The highest BCUT2D eigenvalue weighted by Crippen LogP contribution is 2.29. The van der Waals surface area contributed by atoms with E-state index < -0.39 is 0 Å². The van der Waals surface area contributed by atoms with Gasteiger partial charge in [0.05, 0.1) is 0 Å². The maximum absolute atomic E-state index is 5.60. The van der Waals surface area contributed by atoms with Crippen LogP contribution in [0.2, 0.25) is 0 Å². The summed E-state index contributed by atoms with van der Waals surface area (Å²) in [6.45, 7) is 0. The van der Waals surface area contributed by atoms with E-state index in [-0.39, 0.29) is 0 Å². The zero-order chi connectivity index (χ0) is 10.5. The summed E-state index contributed by atoms with van der Waals surface area (Å²) in [4.78, 5) is 4.69. The summed E-state index contributed by atoms with van der Waals surface area (Å²) in [7, 11) is 0. The lowest BCUT2D eigenvalue weighted by atomic mass is 10.3. The third kappa shape index (κ3) is 2.27. The smallest absolute Gasteiger partial charge is 0.189 e. The van der Waals surface area contributed by atoms with Gasteiger partial charge in [-0.05, 0) is 24.3 Å². The Kier molecular flexibility index (Phi) is 2.85. The highest BCUT2D eigenvalue weighted by Gasteiger charge is 2.03. The molecule has 0 aliphatic heterocycles. The van der Waals surface area contributed by atoms with Crippen LogP contribution in [0.4, 0.5) is 0 Å². The first kappa shape index (κ1) is 9.55. The Balaban J connectivity index is 2.24. The molecule has 2 aromatic rings.